The monoisotopic (exact) mass is 358 g/mol. The fourth-order valence-corrected chi connectivity index (χ4v) is 3.22. The van der Waals surface area contributed by atoms with E-state index in [4.69, 9.17) is 9.72 Å². The SMILES string of the molecule is O[C@@H](COc1ccccc1)Cn1c(Cc2ccccc2)nc2ccccc21. The van der Waals surface area contributed by atoms with E-state index in [0.717, 1.165) is 29.0 Å². The van der Waals surface area contributed by atoms with Crippen molar-refractivity contribution in [3.63, 3.8) is 0 Å². The molecule has 136 valence electrons. The Kier molecular flexibility index (Phi) is 5.17. The second-order valence-electron chi connectivity index (χ2n) is 6.57. The van der Waals surface area contributed by atoms with Crippen LogP contribution in [0.4, 0.5) is 0 Å². The molecule has 0 aliphatic heterocycles. The molecule has 4 aromatic rings. The number of aliphatic hydroxyl groups is 1. The van der Waals surface area contributed by atoms with Crippen molar-refractivity contribution in [2.75, 3.05) is 6.61 Å². The average Bonchev–Trinajstić information content (AvgIpc) is 3.05. The number of fused-ring (bicyclic) bond motifs is 1. The Morgan fingerprint density at radius 1 is 0.852 bits per heavy atom. The van der Waals surface area contributed by atoms with Gasteiger partial charge in [0.15, 0.2) is 0 Å². The molecule has 1 aromatic heterocycles. The van der Waals surface area contributed by atoms with Gasteiger partial charge in [-0.25, -0.2) is 4.98 Å². The number of imidazole rings is 1. The Labute approximate surface area is 158 Å². The first kappa shape index (κ1) is 17.3. The van der Waals surface area contributed by atoms with Crippen molar-refractivity contribution in [3.05, 3.63) is 96.3 Å². The summed E-state index contributed by atoms with van der Waals surface area (Å²) in [6.07, 6.45) is 0.0965. The van der Waals surface area contributed by atoms with Gasteiger partial charge in [-0.2, -0.15) is 0 Å². The maximum absolute atomic E-state index is 10.6. The summed E-state index contributed by atoms with van der Waals surface area (Å²) in [6.45, 7) is 0.677. The molecule has 0 unspecified atom stereocenters. The summed E-state index contributed by atoms with van der Waals surface area (Å²) in [5.74, 6) is 1.71. The van der Waals surface area contributed by atoms with Crippen LogP contribution in [0.2, 0.25) is 0 Å². The number of hydrogen-bond acceptors (Lipinski definition) is 3. The van der Waals surface area contributed by atoms with Crippen LogP contribution in [0.1, 0.15) is 11.4 Å². The van der Waals surface area contributed by atoms with E-state index in [9.17, 15) is 5.11 Å². The van der Waals surface area contributed by atoms with Crippen LogP contribution < -0.4 is 4.74 Å². The van der Waals surface area contributed by atoms with Crippen molar-refractivity contribution in [2.24, 2.45) is 0 Å². The highest BCUT2D eigenvalue weighted by atomic mass is 16.5. The Bertz CT molecular complexity index is 997. The number of para-hydroxylation sites is 3. The van der Waals surface area contributed by atoms with Gasteiger partial charge in [0.25, 0.3) is 0 Å². The second-order valence-corrected chi connectivity index (χ2v) is 6.57. The molecule has 0 amide bonds. The molecule has 0 saturated heterocycles. The minimum absolute atomic E-state index is 0.237. The smallest absolute Gasteiger partial charge is 0.119 e. The second kappa shape index (κ2) is 8.06. The standard InChI is InChI=1S/C23H22N2O2/c26-19(17-27-20-11-5-2-6-12-20)16-25-22-14-8-7-13-21(22)24-23(25)15-18-9-3-1-4-10-18/h1-14,19,26H,15-17H2/t19-/m1/s1. The third-order valence-corrected chi connectivity index (χ3v) is 4.52. The van der Waals surface area contributed by atoms with Crippen molar-refractivity contribution in [1.82, 2.24) is 9.55 Å². The zero-order valence-electron chi connectivity index (χ0n) is 15.0. The molecule has 1 heterocycles. The first-order valence-electron chi connectivity index (χ1n) is 9.13. The van der Waals surface area contributed by atoms with Crippen LogP contribution in [0, 0.1) is 0 Å². The number of hydrogen-bond donors (Lipinski definition) is 1. The molecule has 0 aliphatic rings. The van der Waals surface area contributed by atoms with Crippen LogP contribution in [-0.4, -0.2) is 27.4 Å². The van der Waals surface area contributed by atoms with Crippen LogP contribution in [0.5, 0.6) is 5.75 Å². The third kappa shape index (κ3) is 4.18. The molecule has 0 radical (unpaired) electrons. The highest BCUT2D eigenvalue weighted by Gasteiger charge is 2.15. The Morgan fingerprint density at radius 2 is 1.52 bits per heavy atom. The molecular weight excluding hydrogens is 336 g/mol. The summed E-state index contributed by atoms with van der Waals surface area (Å²) >= 11 is 0. The summed E-state index contributed by atoms with van der Waals surface area (Å²) in [4.78, 5) is 4.79. The van der Waals surface area contributed by atoms with Crippen LogP contribution >= 0.6 is 0 Å². The summed E-state index contributed by atoms with van der Waals surface area (Å²) in [5.41, 5.74) is 3.17. The van der Waals surface area contributed by atoms with Gasteiger partial charge < -0.3 is 14.4 Å². The molecule has 0 spiro atoms. The molecule has 3 aromatic carbocycles. The van der Waals surface area contributed by atoms with Gasteiger partial charge in [0.05, 0.1) is 17.6 Å². The lowest BCUT2D eigenvalue weighted by atomic mass is 10.1. The maximum Gasteiger partial charge on any atom is 0.119 e. The van der Waals surface area contributed by atoms with E-state index >= 15 is 0 Å². The number of aromatic nitrogens is 2. The van der Waals surface area contributed by atoms with Crippen molar-refractivity contribution in [1.29, 1.82) is 0 Å². The summed E-state index contributed by atoms with van der Waals surface area (Å²) in [5, 5.41) is 10.6. The lowest BCUT2D eigenvalue weighted by molar-refractivity contribution is 0.0928. The summed E-state index contributed by atoms with van der Waals surface area (Å²) in [7, 11) is 0. The van der Waals surface area contributed by atoms with Crippen molar-refractivity contribution in [2.45, 2.75) is 19.1 Å². The summed E-state index contributed by atoms with van der Waals surface area (Å²) in [6, 6.07) is 27.9. The van der Waals surface area contributed by atoms with Gasteiger partial charge in [0.1, 0.15) is 24.3 Å². The van der Waals surface area contributed by atoms with E-state index in [0.29, 0.717) is 6.54 Å². The first-order valence-corrected chi connectivity index (χ1v) is 9.13. The molecule has 27 heavy (non-hydrogen) atoms. The Morgan fingerprint density at radius 3 is 2.30 bits per heavy atom. The van der Waals surface area contributed by atoms with E-state index in [2.05, 4.69) is 16.7 Å². The molecule has 1 atom stereocenters. The minimum atomic E-state index is -0.627. The third-order valence-electron chi connectivity index (χ3n) is 4.52. The summed E-state index contributed by atoms with van der Waals surface area (Å²) < 4.78 is 7.80. The molecule has 0 aliphatic carbocycles. The highest BCUT2D eigenvalue weighted by molar-refractivity contribution is 5.76. The minimum Gasteiger partial charge on any atom is -0.491 e. The first-order chi connectivity index (χ1) is 13.3. The van der Waals surface area contributed by atoms with E-state index in [1.165, 1.54) is 5.56 Å². The van der Waals surface area contributed by atoms with E-state index in [1.54, 1.807) is 0 Å². The predicted octanol–water partition coefficient (Wildman–Crippen LogP) is 4.07. The molecule has 4 nitrogen and oxygen atoms in total. The maximum atomic E-state index is 10.6. The molecule has 1 N–H and O–H groups in total. The predicted molar refractivity (Wildman–Crippen MR) is 107 cm³/mol. The van der Waals surface area contributed by atoms with Gasteiger partial charge in [-0.05, 0) is 29.8 Å². The molecule has 4 rings (SSSR count). The van der Waals surface area contributed by atoms with Crippen LogP contribution in [0.3, 0.4) is 0 Å². The van der Waals surface area contributed by atoms with Crippen LogP contribution in [0.25, 0.3) is 11.0 Å². The molecular formula is C23H22N2O2. The molecule has 4 heteroatoms. The zero-order valence-corrected chi connectivity index (χ0v) is 15.0. The van der Waals surface area contributed by atoms with Crippen molar-refractivity contribution >= 4 is 11.0 Å². The number of nitrogens with zero attached hydrogens (tertiary/aromatic N) is 2. The Hall–Kier alpha value is -3.11. The highest BCUT2D eigenvalue weighted by Crippen LogP contribution is 2.19. The topological polar surface area (TPSA) is 47.3 Å². The van der Waals surface area contributed by atoms with Gasteiger partial charge in [-0.1, -0.05) is 60.7 Å². The van der Waals surface area contributed by atoms with Gasteiger partial charge in [-0.3, -0.25) is 0 Å². The van der Waals surface area contributed by atoms with Gasteiger partial charge >= 0.3 is 0 Å². The van der Waals surface area contributed by atoms with Crippen molar-refractivity contribution < 1.29 is 9.84 Å². The lowest BCUT2D eigenvalue weighted by Crippen LogP contribution is -2.24. The van der Waals surface area contributed by atoms with E-state index in [-0.39, 0.29) is 6.61 Å². The van der Waals surface area contributed by atoms with E-state index < -0.39 is 6.10 Å². The molecule has 0 saturated carbocycles. The number of ether oxygens (including phenoxy) is 1. The molecule has 0 fully saturated rings. The fraction of sp³-hybridized carbons (Fsp3) is 0.174. The fourth-order valence-electron chi connectivity index (χ4n) is 3.22. The largest absolute Gasteiger partial charge is 0.491 e. The van der Waals surface area contributed by atoms with E-state index in [1.807, 2.05) is 72.8 Å². The van der Waals surface area contributed by atoms with Crippen LogP contribution in [0.15, 0.2) is 84.9 Å². The molecule has 0 bridgehead atoms. The van der Waals surface area contributed by atoms with Crippen molar-refractivity contribution in [3.8, 4) is 5.75 Å². The van der Waals surface area contributed by atoms with Gasteiger partial charge in [0, 0.05) is 6.42 Å². The van der Waals surface area contributed by atoms with Crippen LogP contribution in [-0.2, 0) is 13.0 Å². The number of benzene rings is 3. The quantitative estimate of drug-likeness (QED) is 0.542. The average molecular weight is 358 g/mol. The normalized spacial score (nSPS) is 12.2. The number of rotatable bonds is 7. The zero-order chi connectivity index (χ0) is 18.5. The van der Waals surface area contributed by atoms with Gasteiger partial charge in [0.2, 0.25) is 0 Å². The Balaban J connectivity index is 1.55. The number of aliphatic hydroxyl groups excluding tert-OH is 1. The lowest BCUT2D eigenvalue weighted by Gasteiger charge is -2.16. The van der Waals surface area contributed by atoms with Gasteiger partial charge in [-0.15, -0.1) is 0 Å².